The normalized spacial score (nSPS) is 13.5. The van der Waals surface area contributed by atoms with E-state index in [4.69, 9.17) is 5.73 Å². The van der Waals surface area contributed by atoms with Crippen molar-refractivity contribution < 1.29 is 12.8 Å². The molecule has 6 heteroatoms. The van der Waals surface area contributed by atoms with Crippen molar-refractivity contribution in [2.75, 3.05) is 5.73 Å². The number of nitrogen functional groups attached to an aromatic ring is 1. The zero-order valence-electron chi connectivity index (χ0n) is 11.5. The highest BCUT2D eigenvalue weighted by molar-refractivity contribution is 7.89. The molecule has 4 nitrogen and oxygen atoms in total. The predicted molar refractivity (Wildman–Crippen MR) is 74.9 cm³/mol. The van der Waals surface area contributed by atoms with E-state index < -0.39 is 15.8 Å². The summed E-state index contributed by atoms with van der Waals surface area (Å²) in [6.45, 7) is 5.29. The average molecular weight is 288 g/mol. The van der Waals surface area contributed by atoms with Crippen LogP contribution in [0.3, 0.4) is 0 Å². The van der Waals surface area contributed by atoms with Gasteiger partial charge < -0.3 is 5.73 Å². The molecule has 0 aliphatic rings. The SMILES string of the molecule is CCCCC(C)NS(=O)(=O)c1cc(N)cc(C)c1F. The number of nitrogens with one attached hydrogen (secondary N) is 1. The van der Waals surface area contributed by atoms with Crippen molar-refractivity contribution in [1.29, 1.82) is 0 Å². The van der Waals surface area contributed by atoms with E-state index >= 15 is 0 Å². The van der Waals surface area contributed by atoms with Crippen LogP contribution in [0.4, 0.5) is 10.1 Å². The molecule has 0 aliphatic heterocycles. The van der Waals surface area contributed by atoms with Gasteiger partial charge in [0.05, 0.1) is 0 Å². The van der Waals surface area contributed by atoms with Crippen LogP contribution in [0.15, 0.2) is 17.0 Å². The Labute approximate surface area is 114 Å². The number of benzene rings is 1. The molecule has 19 heavy (non-hydrogen) atoms. The maximum absolute atomic E-state index is 13.9. The topological polar surface area (TPSA) is 72.2 Å². The Morgan fingerprint density at radius 3 is 2.63 bits per heavy atom. The van der Waals surface area contributed by atoms with Crippen molar-refractivity contribution in [1.82, 2.24) is 4.72 Å². The van der Waals surface area contributed by atoms with Gasteiger partial charge in [0.25, 0.3) is 0 Å². The van der Waals surface area contributed by atoms with Gasteiger partial charge in [-0.25, -0.2) is 17.5 Å². The van der Waals surface area contributed by atoms with Gasteiger partial charge in [-0.3, -0.25) is 0 Å². The molecular weight excluding hydrogens is 267 g/mol. The van der Waals surface area contributed by atoms with Crippen LogP contribution in [0.2, 0.25) is 0 Å². The molecule has 1 aromatic rings. The quantitative estimate of drug-likeness (QED) is 0.790. The molecule has 0 amide bonds. The molecule has 1 rings (SSSR count). The predicted octanol–water partition coefficient (Wildman–Crippen LogP) is 2.57. The lowest BCUT2D eigenvalue weighted by Crippen LogP contribution is -2.33. The summed E-state index contributed by atoms with van der Waals surface area (Å²) in [5.41, 5.74) is 6.04. The van der Waals surface area contributed by atoms with Crippen molar-refractivity contribution >= 4 is 15.7 Å². The molecule has 3 N–H and O–H groups in total. The minimum atomic E-state index is -3.87. The Hall–Kier alpha value is -1.14. The fraction of sp³-hybridized carbons (Fsp3) is 0.538. The molecule has 0 aliphatic carbocycles. The number of unbranched alkanes of at least 4 members (excludes halogenated alkanes) is 1. The molecule has 0 heterocycles. The van der Waals surface area contributed by atoms with Gasteiger partial charge in [-0.05, 0) is 38.0 Å². The Kier molecular flexibility index (Phi) is 5.31. The Bertz CT molecular complexity index is 544. The molecule has 0 radical (unpaired) electrons. The second-order valence-corrected chi connectivity index (χ2v) is 6.50. The van der Waals surface area contributed by atoms with E-state index in [1.165, 1.54) is 13.0 Å². The van der Waals surface area contributed by atoms with E-state index in [2.05, 4.69) is 4.72 Å². The Morgan fingerprint density at radius 1 is 1.42 bits per heavy atom. The van der Waals surface area contributed by atoms with Gasteiger partial charge >= 0.3 is 0 Å². The van der Waals surface area contributed by atoms with Gasteiger partial charge in [-0.2, -0.15) is 0 Å². The van der Waals surface area contributed by atoms with Crippen molar-refractivity contribution in [3.8, 4) is 0 Å². The minimum absolute atomic E-state index is 0.224. The maximum atomic E-state index is 13.9. The lowest BCUT2D eigenvalue weighted by molar-refractivity contribution is 0.523. The zero-order valence-corrected chi connectivity index (χ0v) is 12.3. The first-order chi connectivity index (χ1) is 8.77. The summed E-state index contributed by atoms with van der Waals surface area (Å²) >= 11 is 0. The zero-order chi connectivity index (χ0) is 14.6. The van der Waals surface area contributed by atoms with E-state index in [1.54, 1.807) is 6.92 Å². The summed E-state index contributed by atoms with van der Waals surface area (Å²) in [6, 6.07) is 2.33. The number of sulfonamides is 1. The molecule has 0 spiro atoms. The number of halogens is 1. The lowest BCUT2D eigenvalue weighted by atomic mass is 10.2. The number of nitrogens with two attached hydrogens (primary N) is 1. The second-order valence-electron chi connectivity index (χ2n) is 4.81. The number of aryl methyl sites for hydroxylation is 1. The number of hydrogen-bond acceptors (Lipinski definition) is 3. The van der Waals surface area contributed by atoms with Crippen LogP contribution in [0.25, 0.3) is 0 Å². The molecule has 0 saturated carbocycles. The van der Waals surface area contributed by atoms with E-state index in [-0.39, 0.29) is 22.2 Å². The van der Waals surface area contributed by atoms with Gasteiger partial charge in [0.1, 0.15) is 10.7 Å². The van der Waals surface area contributed by atoms with Crippen LogP contribution in [0.1, 0.15) is 38.7 Å². The molecule has 1 atom stereocenters. The summed E-state index contributed by atoms with van der Waals surface area (Å²) in [5, 5.41) is 0. The fourth-order valence-electron chi connectivity index (χ4n) is 1.86. The summed E-state index contributed by atoms with van der Waals surface area (Å²) in [5.74, 6) is -0.746. The summed E-state index contributed by atoms with van der Waals surface area (Å²) in [4.78, 5) is -0.381. The molecule has 0 fully saturated rings. The maximum Gasteiger partial charge on any atom is 0.243 e. The van der Waals surface area contributed by atoms with E-state index in [9.17, 15) is 12.8 Å². The first-order valence-corrected chi connectivity index (χ1v) is 7.84. The summed E-state index contributed by atoms with van der Waals surface area (Å²) in [7, 11) is -3.87. The van der Waals surface area contributed by atoms with Crippen molar-refractivity contribution in [3.63, 3.8) is 0 Å². The molecule has 108 valence electrons. The number of rotatable bonds is 6. The second kappa shape index (κ2) is 6.34. The summed E-state index contributed by atoms with van der Waals surface area (Å²) in [6.07, 6.45) is 2.62. The first-order valence-electron chi connectivity index (χ1n) is 6.36. The number of hydrogen-bond donors (Lipinski definition) is 2. The third-order valence-electron chi connectivity index (χ3n) is 2.88. The molecule has 0 aromatic heterocycles. The minimum Gasteiger partial charge on any atom is -0.399 e. The highest BCUT2D eigenvalue weighted by Gasteiger charge is 2.22. The monoisotopic (exact) mass is 288 g/mol. The van der Waals surface area contributed by atoms with E-state index in [1.807, 2.05) is 6.92 Å². The lowest BCUT2D eigenvalue weighted by Gasteiger charge is -2.15. The molecule has 0 bridgehead atoms. The van der Waals surface area contributed by atoms with Gasteiger partial charge in [0.15, 0.2) is 0 Å². The van der Waals surface area contributed by atoms with Crippen LogP contribution in [-0.2, 0) is 10.0 Å². The van der Waals surface area contributed by atoms with Gasteiger partial charge in [-0.1, -0.05) is 19.8 Å². The van der Waals surface area contributed by atoms with Crippen LogP contribution >= 0.6 is 0 Å². The standard InChI is InChI=1S/C13H21FN2O2S/c1-4-5-6-10(3)16-19(17,18)12-8-11(15)7-9(2)13(12)14/h7-8,10,16H,4-6,15H2,1-3H3. The van der Waals surface area contributed by atoms with Gasteiger partial charge in [0, 0.05) is 11.7 Å². The Balaban J connectivity index is 3.01. The highest BCUT2D eigenvalue weighted by atomic mass is 32.2. The summed E-state index contributed by atoms with van der Waals surface area (Å²) < 4.78 is 40.6. The van der Waals surface area contributed by atoms with Crippen LogP contribution in [-0.4, -0.2) is 14.5 Å². The molecular formula is C13H21FN2O2S. The molecule has 1 unspecified atom stereocenters. The third kappa shape index (κ3) is 4.18. The van der Waals surface area contributed by atoms with Crippen LogP contribution < -0.4 is 10.5 Å². The largest absolute Gasteiger partial charge is 0.399 e. The van der Waals surface area contributed by atoms with Gasteiger partial charge in [-0.15, -0.1) is 0 Å². The van der Waals surface area contributed by atoms with Gasteiger partial charge in [0.2, 0.25) is 10.0 Å². The first kappa shape index (κ1) is 15.9. The smallest absolute Gasteiger partial charge is 0.243 e. The fourth-order valence-corrected chi connectivity index (χ4v) is 3.32. The molecule has 0 saturated heterocycles. The third-order valence-corrected chi connectivity index (χ3v) is 4.47. The van der Waals surface area contributed by atoms with Crippen molar-refractivity contribution in [3.05, 3.63) is 23.5 Å². The van der Waals surface area contributed by atoms with Crippen molar-refractivity contribution in [2.45, 2.75) is 51.0 Å². The highest BCUT2D eigenvalue weighted by Crippen LogP contribution is 2.22. The Morgan fingerprint density at radius 2 is 2.05 bits per heavy atom. The number of anilines is 1. The average Bonchev–Trinajstić information content (AvgIpc) is 2.30. The van der Waals surface area contributed by atoms with E-state index in [0.29, 0.717) is 0 Å². The van der Waals surface area contributed by atoms with E-state index in [0.717, 1.165) is 25.3 Å². The molecule has 1 aromatic carbocycles. The van der Waals surface area contributed by atoms with Crippen LogP contribution in [0, 0.1) is 12.7 Å². The van der Waals surface area contributed by atoms with Crippen molar-refractivity contribution in [2.24, 2.45) is 0 Å². The van der Waals surface area contributed by atoms with Crippen LogP contribution in [0.5, 0.6) is 0 Å².